The van der Waals surface area contributed by atoms with Crippen molar-refractivity contribution in [1.29, 1.82) is 0 Å². The molecule has 16 heavy (non-hydrogen) atoms. The van der Waals surface area contributed by atoms with E-state index < -0.39 is 0 Å². The van der Waals surface area contributed by atoms with Gasteiger partial charge >= 0.3 is 0 Å². The Morgan fingerprint density at radius 1 is 1.31 bits per heavy atom. The Labute approximate surface area is 101 Å². The molecule has 3 heteroatoms. The molecule has 1 aromatic rings. The van der Waals surface area contributed by atoms with Crippen LogP contribution in [0.5, 0.6) is 0 Å². The smallest absolute Gasteiger partial charge is 0.224 e. The second-order valence-electron chi connectivity index (χ2n) is 4.15. The third kappa shape index (κ3) is 3.06. The van der Waals surface area contributed by atoms with Crippen LogP contribution in [0, 0.1) is 0 Å². The second kappa shape index (κ2) is 5.46. The second-order valence-corrected chi connectivity index (χ2v) is 4.57. The SMILES string of the molecule is O=C(Cl)C[C@H]1CCC[C@H](c2ccccc2)O1. The summed E-state index contributed by atoms with van der Waals surface area (Å²) in [5, 5.41) is -0.307. The molecule has 0 bridgehead atoms. The summed E-state index contributed by atoms with van der Waals surface area (Å²) in [4.78, 5) is 10.8. The fraction of sp³-hybridized carbons (Fsp3) is 0.462. The van der Waals surface area contributed by atoms with Gasteiger partial charge in [-0.3, -0.25) is 4.79 Å². The van der Waals surface area contributed by atoms with Crippen molar-refractivity contribution in [2.45, 2.75) is 37.9 Å². The highest BCUT2D eigenvalue weighted by molar-refractivity contribution is 6.63. The van der Waals surface area contributed by atoms with Crippen LogP contribution in [0.1, 0.15) is 37.4 Å². The van der Waals surface area contributed by atoms with E-state index in [4.69, 9.17) is 16.3 Å². The quantitative estimate of drug-likeness (QED) is 0.754. The lowest BCUT2D eigenvalue weighted by molar-refractivity contribution is -0.118. The summed E-state index contributed by atoms with van der Waals surface area (Å²) in [5.41, 5.74) is 1.19. The van der Waals surface area contributed by atoms with E-state index in [1.54, 1.807) is 0 Å². The van der Waals surface area contributed by atoms with E-state index >= 15 is 0 Å². The largest absolute Gasteiger partial charge is 0.370 e. The van der Waals surface area contributed by atoms with Gasteiger partial charge < -0.3 is 4.74 Å². The summed E-state index contributed by atoms with van der Waals surface area (Å²) < 4.78 is 5.88. The first-order chi connectivity index (χ1) is 7.75. The summed E-state index contributed by atoms with van der Waals surface area (Å²) in [6, 6.07) is 10.1. The maximum absolute atomic E-state index is 10.8. The monoisotopic (exact) mass is 238 g/mol. The molecular formula is C13H15ClO2. The molecule has 0 unspecified atom stereocenters. The van der Waals surface area contributed by atoms with Crippen LogP contribution in [-0.2, 0) is 9.53 Å². The number of hydrogen-bond donors (Lipinski definition) is 0. The molecule has 2 rings (SSSR count). The van der Waals surface area contributed by atoms with E-state index in [9.17, 15) is 4.79 Å². The lowest BCUT2D eigenvalue weighted by Gasteiger charge is -2.29. The molecule has 0 amide bonds. The third-order valence-corrected chi connectivity index (χ3v) is 3.06. The molecule has 1 aliphatic rings. The van der Waals surface area contributed by atoms with Gasteiger partial charge in [0, 0.05) is 6.42 Å². The maximum atomic E-state index is 10.8. The molecule has 2 atom stereocenters. The zero-order valence-electron chi connectivity index (χ0n) is 9.06. The topological polar surface area (TPSA) is 26.3 Å². The molecule has 0 aromatic heterocycles. The molecule has 0 N–H and O–H groups in total. The standard InChI is InChI=1S/C13H15ClO2/c14-13(15)9-11-7-4-8-12(16-11)10-5-2-1-3-6-10/h1-3,5-6,11-12H,4,7-9H2/t11-,12-/m1/s1. The van der Waals surface area contributed by atoms with Crippen molar-refractivity contribution < 1.29 is 9.53 Å². The van der Waals surface area contributed by atoms with Crippen LogP contribution in [0.25, 0.3) is 0 Å². The van der Waals surface area contributed by atoms with Crippen LogP contribution in [-0.4, -0.2) is 11.3 Å². The van der Waals surface area contributed by atoms with E-state index in [0.717, 1.165) is 19.3 Å². The summed E-state index contributed by atoms with van der Waals surface area (Å²) in [5.74, 6) is 0. The normalized spacial score (nSPS) is 25.3. The van der Waals surface area contributed by atoms with Crippen molar-refractivity contribution in [2.75, 3.05) is 0 Å². The molecule has 86 valence electrons. The molecule has 1 saturated heterocycles. The van der Waals surface area contributed by atoms with Crippen LogP contribution < -0.4 is 0 Å². The van der Waals surface area contributed by atoms with Gasteiger partial charge in [0.15, 0.2) is 0 Å². The Hall–Kier alpha value is -0.860. The molecule has 1 aromatic carbocycles. The van der Waals surface area contributed by atoms with Gasteiger partial charge in [0.1, 0.15) is 0 Å². The van der Waals surface area contributed by atoms with Crippen molar-refractivity contribution in [1.82, 2.24) is 0 Å². The Morgan fingerprint density at radius 3 is 2.75 bits per heavy atom. The van der Waals surface area contributed by atoms with Crippen LogP contribution in [0.3, 0.4) is 0 Å². The first-order valence-corrected chi connectivity index (χ1v) is 6.02. The highest BCUT2D eigenvalue weighted by Crippen LogP contribution is 2.32. The number of halogens is 1. The van der Waals surface area contributed by atoms with E-state index in [1.807, 2.05) is 18.2 Å². The van der Waals surface area contributed by atoms with Gasteiger partial charge in [0.25, 0.3) is 0 Å². The number of benzene rings is 1. The molecule has 0 radical (unpaired) electrons. The predicted molar refractivity (Wildman–Crippen MR) is 63.4 cm³/mol. The lowest BCUT2D eigenvalue weighted by Crippen LogP contribution is -2.23. The van der Waals surface area contributed by atoms with Gasteiger partial charge in [-0.05, 0) is 36.4 Å². The first kappa shape index (κ1) is 11.6. The van der Waals surface area contributed by atoms with Gasteiger partial charge in [-0.1, -0.05) is 30.3 Å². The average molecular weight is 239 g/mol. The van der Waals surface area contributed by atoms with Gasteiger partial charge in [-0.2, -0.15) is 0 Å². The van der Waals surface area contributed by atoms with Crippen LogP contribution in [0.15, 0.2) is 30.3 Å². The average Bonchev–Trinajstić information content (AvgIpc) is 2.30. The van der Waals surface area contributed by atoms with Crippen molar-refractivity contribution in [3.8, 4) is 0 Å². The van der Waals surface area contributed by atoms with E-state index in [0.29, 0.717) is 6.42 Å². The maximum Gasteiger partial charge on any atom is 0.224 e. The first-order valence-electron chi connectivity index (χ1n) is 5.64. The van der Waals surface area contributed by atoms with Gasteiger partial charge in [-0.25, -0.2) is 0 Å². The Balaban J connectivity index is 1.99. The highest BCUT2D eigenvalue weighted by atomic mass is 35.5. The van der Waals surface area contributed by atoms with Crippen molar-refractivity contribution in [2.24, 2.45) is 0 Å². The summed E-state index contributed by atoms with van der Waals surface area (Å²) >= 11 is 5.39. The summed E-state index contributed by atoms with van der Waals surface area (Å²) in [7, 11) is 0. The molecular weight excluding hydrogens is 224 g/mol. The fourth-order valence-corrected chi connectivity index (χ4v) is 2.31. The molecule has 1 fully saturated rings. The number of ether oxygens (including phenoxy) is 1. The summed E-state index contributed by atoms with van der Waals surface area (Å²) in [6.07, 6.45) is 3.48. The zero-order chi connectivity index (χ0) is 11.4. The van der Waals surface area contributed by atoms with Crippen molar-refractivity contribution in [3.63, 3.8) is 0 Å². The number of rotatable bonds is 3. The number of carbonyl (C=O) groups is 1. The molecule has 0 spiro atoms. The number of carbonyl (C=O) groups excluding carboxylic acids is 1. The Kier molecular flexibility index (Phi) is 3.97. The van der Waals surface area contributed by atoms with Crippen LogP contribution in [0.2, 0.25) is 0 Å². The molecule has 2 nitrogen and oxygen atoms in total. The van der Waals surface area contributed by atoms with Gasteiger partial charge in [0.05, 0.1) is 12.2 Å². The highest BCUT2D eigenvalue weighted by Gasteiger charge is 2.24. The van der Waals surface area contributed by atoms with E-state index in [1.165, 1.54) is 5.56 Å². The number of hydrogen-bond acceptors (Lipinski definition) is 2. The Bertz CT molecular complexity index is 350. The van der Waals surface area contributed by atoms with Crippen molar-refractivity contribution >= 4 is 16.8 Å². The molecule has 0 aliphatic carbocycles. The third-order valence-electron chi connectivity index (χ3n) is 2.91. The minimum absolute atomic E-state index is 0.0102. The summed E-state index contributed by atoms with van der Waals surface area (Å²) in [6.45, 7) is 0. The van der Waals surface area contributed by atoms with Gasteiger partial charge in [-0.15, -0.1) is 0 Å². The predicted octanol–water partition coefficient (Wildman–Crippen LogP) is 3.45. The zero-order valence-corrected chi connectivity index (χ0v) is 9.82. The van der Waals surface area contributed by atoms with Crippen LogP contribution in [0.4, 0.5) is 0 Å². The van der Waals surface area contributed by atoms with E-state index in [-0.39, 0.29) is 17.5 Å². The van der Waals surface area contributed by atoms with Gasteiger partial charge in [0.2, 0.25) is 5.24 Å². The molecule has 0 saturated carbocycles. The van der Waals surface area contributed by atoms with E-state index in [2.05, 4.69) is 12.1 Å². The lowest BCUT2D eigenvalue weighted by atomic mass is 9.97. The molecule has 1 aliphatic heterocycles. The minimum Gasteiger partial charge on any atom is -0.370 e. The fourth-order valence-electron chi connectivity index (χ4n) is 2.14. The minimum atomic E-state index is -0.307. The van der Waals surface area contributed by atoms with Crippen molar-refractivity contribution in [3.05, 3.63) is 35.9 Å². The molecule has 1 heterocycles. The Morgan fingerprint density at radius 2 is 2.06 bits per heavy atom. The van der Waals surface area contributed by atoms with Crippen LogP contribution >= 0.6 is 11.6 Å².